The van der Waals surface area contributed by atoms with Gasteiger partial charge in [0.1, 0.15) is 6.73 Å². The van der Waals surface area contributed by atoms with Gasteiger partial charge in [0.05, 0.1) is 6.61 Å². The Morgan fingerprint density at radius 1 is 1.39 bits per heavy atom. The number of nitrogens with zero attached hydrogens (tertiary/aromatic N) is 1. The molecule has 7 heteroatoms. The first-order valence-corrected chi connectivity index (χ1v) is 5.59. The molecule has 0 unspecified atom stereocenters. The van der Waals surface area contributed by atoms with Crippen molar-refractivity contribution in [1.29, 1.82) is 0 Å². The van der Waals surface area contributed by atoms with Crippen molar-refractivity contribution >= 4 is 29.3 Å². The lowest BCUT2D eigenvalue weighted by Crippen LogP contribution is -2.43. The quantitative estimate of drug-likeness (QED) is 0.856. The fourth-order valence-electron chi connectivity index (χ4n) is 1.58. The Morgan fingerprint density at radius 2 is 2.06 bits per heavy atom. The van der Waals surface area contributed by atoms with Crippen LogP contribution in [0.3, 0.4) is 0 Å². The molecule has 1 aromatic carbocycles. The molecule has 18 heavy (non-hydrogen) atoms. The predicted molar refractivity (Wildman–Crippen MR) is 64.6 cm³/mol. The van der Waals surface area contributed by atoms with Gasteiger partial charge in [-0.15, -0.1) is 0 Å². The molecule has 2 amide bonds. The summed E-state index contributed by atoms with van der Waals surface area (Å²) in [4.78, 5) is 23.9. The van der Waals surface area contributed by atoms with E-state index in [1.807, 2.05) is 0 Å². The highest BCUT2D eigenvalue weighted by molar-refractivity contribution is 6.30. The summed E-state index contributed by atoms with van der Waals surface area (Å²) in [6.45, 7) is -0.0280. The van der Waals surface area contributed by atoms with E-state index >= 15 is 0 Å². The molecule has 96 valence electrons. The van der Waals surface area contributed by atoms with E-state index in [0.717, 1.165) is 4.90 Å². The van der Waals surface area contributed by atoms with Crippen molar-refractivity contribution in [1.82, 2.24) is 4.90 Å². The molecule has 1 heterocycles. The molecule has 0 spiro atoms. The number of hydrogen-bond acceptors (Lipinski definition) is 3. The number of halogens is 1. The number of carboxylic acid groups (broad SMARTS) is 1. The Hall–Kier alpha value is -1.79. The Balaban J connectivity index is 2.03. The van der Waals surface area contributed by atoms with Crippen molar-refractivity contribution in [2.45, 2.75) is 6.04 Å². The number of nitrogens with one attached hydrogen (secondary N) is 1. The Morgan fingerprint density at radius 3 is 2.67 bits per heavy atom. The number of amides is 2. The molecule has 0 aromatic heterocycles. The molecule has 1 atom stereocenters. The third-order valence-corrected chi connectivity index (χ3v) is 2.78. The van der Waals surface area contributed by atoms with Gasteiger partial charge in [0.25, 0.3) is 0 Å². The van der Waals surface area contributed by atoms with Gasteiger partial charge in [0.15, 0.2) is 6.04 Å². The highest BCUT2D eigenvalue weighted by atomic mass is 35.5. The second kappa shape index (κ2) is 5.24. The first kappa shape index (κ1) is 12.7. The summed E-state index contributed by atoms with van der Waals surface area (Å²) in [5.74, 6) is -1.08. The van der Waals surface area contributed by atoms with E-state index in [-0.39, 0.29) is 13.3 Å². The molecule has 2 N–H and O–H groups in total. The van der Waals surface area contributed by atoms with E-state index < -0.39 is 18.0 Å². The summed E-state index contributed by atoms with van der Waals surface area (Å²) in [6, 6.07) is 5.07. The minimum Gasteiger partial charge on any atom is -0.480 e. The summed E-state index contributed by atoms with van der Waals surface area (Å²) in [7, 11) is 0. The van der Waals surface area contributed by atoms with Gasteiger partial charge in [-0.25, -0.2) is 9.59 Å². The molecule has 0 saturated carbocycles. The Bertz CT molecular complexity index is 463. The molecule has 2 rings (SSSR count). The number of urea groups is 1. The average molecular weight is 271 g/mol. The maximum atomic E-state index is 11.9. The minimum atomic E-state index is -1.08. The normalized spacial score (nSPS) is 18.7. The lowest BCUT2D eigenvalue weighted by atomic mass is 10.3. The van der Waals surface area contributed by atoms with Gasteiger partial charge in [0, 0.05) is 10.7 Å². The van der Waals surface area contributed by atoms with Crippen LogP contribution in [0, 0.1) is 0 Å². The number of carbonyl (C=O) groups is 2. The highest BCUT2D eigenvalue weighted by Crippen LogP contribution is 2.16. The van der Waals surface area contributed by atoms with Crippen molar-refractivity contribution in [2.75, 3.05) is 18.7 Å². The second-order valence-electron chi connectivity index (χ2n) is 3.76. The SMILES string of the molecule is O=C(O)[C@H]1COCN1C(=O)Nc1ccc(Cl)cc1. The van der Waals surface area contributed by atoms with E-state index in [4.69, 9.17) is 21.4 Å². The molecule has 1 aliphatic heterocycles. The zero-order valence-electron chi connectivity index (χ0n) is 9.30. The van der Waals surface area contributed by atoms with Crippen LogP contribution in [-0.4, -0.2) is 41.4 Å². The number of rotatable bonds is 2. The van der Waals surface area contributed by atoms with Crippen LogP contribution in [0.1, 0.15) is 0 Å². The van der Waals surface area contributed by atoms with E-state index in [2.05, 4.69) is 5.32 Å². The average Bonchev–Trinajstić information content (AvgIpc) is 2.81. The van der Waals surface area contributed by atoms with Crippen LogP contribution >= 0.6 is 11.6 Å². The van der Waals surface area contributed by atoms with Gasteiger partial charge in [-0.1, -0.05) is 11.6 Å². The predicted octanol–water partition coefficient (Wildman–Crippen LogP) is 1.61. The number of anilines is 1. The minimum absolute atomic E-state index is 0.00334. The van der Waals surface area contributed by atoms with Crippen LogP contribution in [0.5, 0.6) is 0 Å². The van der Waals surface area contributed by atoms with E-state index in [0.29, 0.717) is 10.7 Å². The van der Waals surface area contributed by atoms with Gasteiger partial charge in [0.2, 0.25) is 0 Å². The number of aliphatic carboxylic acids is 1. The van der Waals surface area contributed by atoms with Crippen LogP contribution in [0.25, 0.3) is 0 Å². The molecule has 1 aromatic rings. The third kappa shape index (κ3) is 2.72. The molecule has 1 aliphatic rings. The van der Waals surface area contributed by atoms with Gasteiger partial charge in [-0.3, -0.25) is 4.90 Å². The number of ether oxygens (including phenoxy) is 1. The lowest BCUT2D eigenvalue weighted by molar-refractivity contribution is -0.140. The molecule has 0 aliphatic carbocycles. The Kier molecular flexibility index (Phi) is 3.69. The maximum absolute atomic E-state index is 11.9. The van der Waals surface area contributed by atoms with Crippen molar-refractivity contribution < 1.29 is 19.4 Å². The van der Waals surface area contributed by atoms with E-state index in [1.165, 1.54) is 0 Å². The second-order valence-corrected chi connectivity index (χ2v) is 4.20. The first-order valence-electron chi connectivity index (χ1n) is 5.21. The van der Waals surface area contributed by atoms with Gasteiger partial charge >= 0.3 is 12.0 Å². The first-order chi connectivity index (χ1) is 8.58. The monoisotopic (exact) mass is 270 g/mol. The fraction of sp³-hybridized carbons (Fsp3) is 0.273. The summed E-state index contributed by atoms with van der Waals surface area (Å²) in [6.07, 6.45) is 0. The number of benzene rings is 1. The van der Waals surface area contributed by atoms with Crippen LogP contribution in [-0.2, 0) is 9.53 Å². The topological polar surface area (TPSA) is 78.9 Å². The molecule has 0 bridgehead atoms. The summed E-state index contributed by atoms with van der Waals surface area (Å²) in [5.41, 5.74) is 0.542. The third-order valence-electron chi connectivity index (χ3n) is 2.52. The number of hydrogen-bond donors (Lipinski definition) is 2. The molecule has 0 radical (unpaired) electrons. The lowest BCUT2D eigenvalue weighted by Gasteiger charge is -2.19. The van der Waals surface area contributed by atoms with E-state index in [9.17, 15) is 9.59 Å². The molecular weight excluding hydrogens is 260 g/mol. The van der Waals surface area contributed by atoms with Gasteiger partial charge in [-0.2, -0.15) is 0 Å². The highest BCUT2D eigenvalue weighted by Gasteiger charge is 2.35. The van der Waals surface area contributed by atoms with Crippen molar-refractivity contribution in [3.05, 3.63) is 29.3 Å². The van der Waals surface area contributed by atoms with Crippen LogP contribution in [0.15, 0.2) is 24.3 Å². The molecule has 1 fully saturated rings. The smallest absolute Gasteiger partial charge is 0.328 e. The van der Waals surface area contributed by atoms with Gasteiger partial charge < -0.3 is 15.2 Å². The maximum Gasteiger partial charge on any atom is 0.328 e. The van der Waals surface area contributed by atoms with Crippen LogP contribution in [0.2, 0.25) is 5.02 Å². The number of carboxylic acids is 1. The number of carbonyl (C=O) groups excluding carboxylic acids is 1. The molecular formula is C11H11ClN2O4. The van der Waals surface area contributed by atoms with Crippen molar-refractivity contribution in [3.8, 4) is 0 Å². The zero-order valence-corrected chi connectivity index (χ0v) is 10.1. The van der Waals surface area contributed by atoms with Crippen LogP contribution in [0.4, 0.5) is 10.5 Å². The zero-order chi connectivity index (χ0) is 13.1. The largest absolute Gasteiger partial charge is 0.480 e. The fourth-order valence-corrected chi connectivity index (χ4v) is 1.70. The summed E-state index contributed by atoms with van der Waals surface area (Å²) >= 11 is 5.72. The van der Waals surface area contributed by atoms with Gasteiger partial charge in [-0.05, 0) is 24.3 Å². The standard InChI is InChI=1S/C11H11ClN2O4/c12-7-1-3-8(4-2-7)13-11(17)14-6-18-5-9(14)10(15)16/h1-4,9H,5-6H2,(H,13,17)(H,15,16)/t9-/m1/s1. The Labute approximate surface area is 108 Å². The van der Waals surface area contributed by atoms with Crippen LogP contribution < -0.4 is 5.32 Å². The van der Waals surface area contributed by atoms with E-state index in [1.54, 1.807) is 24.3 Å². The molecule has 1 saturated heterocycles. The van der Waals surface area contributed by atoms with Crippen molar-refractivity contribution in [2.24, 2.45) is 0 Å². The summed E-state index contributed by atoms with van der Waals surface area (Å²) < 4.78 is 4.97. The van der Waals surface area contributed by atoms with Crippen molar-refractivity contribution in [3.63, 3.8) is 0 Å². The molecule has 6 nitrogen and oxygen atoms in total. The summed E-state index contributed by atoms with van der Waals surface area (Å²) in [5, 5.41) is 12.1.